The Balaban J connectivity index is 1.76. The summed E-state index contributed by atoms with van der Waals surface area (Å²) in [5, 5.41) is 7.93. The molecule has 1 atom stereocenters. The number of rotatable bonds is 4. The summed E-state index contributed by atoms with van der Waals surface area (Å²) in [4.78, 5) is 4.26. The Hall–Kier alpha value is -1.50. The third-order valence-corrected chi connectivity index (χ3v) is 3.85. The summed E-state index contributed by atoms with van der Waals surface area (Å²) in [6.45, 7) is 2.48. The Morgan fingerprint density at radius 3 is 3.14 bits per heavy atom. The second-order valence-corrected chi connectivity index (χ2v) is 5.37. The zero-order valence-corrected chi connectivity index (χ0v) is 12.2. The first kappa shape index (κ1) is 14.4. The van der Waals surface area contributed by atoms with Crippen LogP contribution in [0.25, 0.3) is 0 Å². The van der Waals surface area contributed by atoms with E-state index in [0.29, 0.717) is 23.6 Å². The minimum Gasteiger partial charge on any atom is -0.379 e. The maximum atomic E-state index is 13.9. The number of benzene rings is 1. The predicted octanol–water partition coefficient (Wildman–Crippen LogP) is 1.65. The minimum atomic E-state index is -0.330. The van der Waals surface area contributed by atoms with E-state index in [9.17, 15) is 4.39 Å². The molecule has 0 spiro atoms. The van der Waals surface area contributed by atoms with Gasteiger partial charge >= 0.3 is 0 Å². The zero-order chi connectivity index (χ0) is 14.7. The molecule has 1 aromatic carbocycles. The molecule has 7 heteroatoms. The highest BCUT2D eigenvalue weighted by atomic mass is 35.5. The molecule has 5 nitrogen and oxygen atoms in total. The predicted molar refractivity (Wildman–Crippen MR) is 76.8 cm³/mol. The Bertz CT molecular complexity index is 593. The molecule has 112 valence electrons. The van der Waals surface area contributed by atoms with Crippen molar-refractivity contribution in [2.45, 2.75) is 19.0 Å². The fourth-order valence-corrected chi connectivity index (χ4v) is 2.61. The Morgan fingerprint density at radius 1 is 1.48 bits per heavy atom. The SMILES string of the molecule is Fc1cccc(Cl)c1Cn1ncnc1C[C@H]1COCCN1. The molecule has 1 saturated heterocycles. The molecule has 0 amide bonds. The topological polar surface area (TPSA) is 52.0 Å². The van der Waals surface area contributed by atoms with Crippen LogP contribution in [0.2, 0.25) is 5.02 Å². The highest BCUT2D eigenvalue weighted by Gasteiger charge is 2.18. The van der Waals surface area contributed by atoms with Gasteiger partial charge in [-0.1, -0.05) is 17.7 Å². The largest absolute Gasteiger partial charge is 0.379 e. The van der Waals surface area contributed by atoms with Crippen LogP contribution in [0, 0.1) is 5.82 Å². The summed E-state index contributed by atoms with van der Waals surface area (Å²) < 4.78 is 21.0. The first-order valence-corrected chi connectivity index (χ1v) is 7.22. The van der Waals surface area contributed by atoms with Crippen molar-refractivity contribution < 1.29 is 9.13 Å². The van der Waals surface area contributed by atoms with Crippen LogP contribution >= 0.6 is 11.6 Å². The number of nitrogens with one attached hydrogen (secondary N) is 1. The van der Waals surface area contributed by atoms with E-state index in [-0.39, 0.29) is 18.4 Å². The van der Waals surface area contributed by atoms with Gasteiger partial charge in [0.15, 0.2) is 0 Å². The quantitative estimate of drug-likeness (QED) is 0.933. The Labute approximate surface area is 127 Å². The third kappa shape index (κ3) is 3.40. The molecule has 0 saturated carbocycles. The molecule has 1 N–H and O–H groups in total. The standard InChI is InChI=1S/C14H16ClFN4O/c15-12-2-1-3-13(16)11(12)7-20-14(18-9-19-20)6-10-8-21-5-4-17-10/h1-3,9-10,17H,4-8H2/t10-/m0/s1. The lowest BCUT2D eigenvalue weighted by Crippen LogP contribution is -2.43. The minimum absolute atomic E-state index is 0.206. The number of nitrogens with zero attached hydrogens (tertiary/aromatic N) is 3. The van der Waals surface area contributed by atoms with Gasteiger partial charge in [0.05, 0.1) is 19.8 Å². The van der Waals surface area contributed by atoms with Crippen LogP contribution in [-0.4, -0.2) is 40.6 Å². The molecule has 0 aliphatic carbocycles. The molecule has 0 radical (unpaired) electrons. The highest BCUT2D eigenvalue weighted by molar-refractivity contribution is 6.31. The molecular formula is C14H16ClFN4O. The van der Waals surface area contributed by atoms with Crippen LogP contribution in [-0.2, 0) is 17.7 Å². The summed E-state index contributed by atoms with van der Waals surface area (Å²) in [7, 11) is 0. The first-order chi connectivity index (χ1) is 10.2. The second-order valence-electron chi connectivity index (χ2n) is 4.96. The van der Waals surface area contributed by atoms with E-state index in [1.807, 2.05) is 0 Å². The van der Waals surface area contributed by atoms with Gasteiger partial charge in [0.25, 0.3) is 0 Å². The van der Waals surface area contributed by atoms with Gasteiger partial charge in [0, 0.05) is 29.6 Å². The van der Waals surface area contributed by atoms with E-state index >= 15 is 0 Å². The van der Waals surface area contributed by atoms with Crippen molar-refractivity contribution in [3.05, 3.63) is 46.8 Å². The van der Waals surface area contributed by atoms with Gasteiger partial charge < -0.3 is 10.1 Å². The van der Waals surface area contributed by atoms with Gasteiger partial charge in [-0.05, 0) is 12.1 Å². The van der Waals surface area contributed by atoms with E-state index in [0.717, 1.165) is 19.0 Å². The maximum absolute atomic E-state index is 13.9. The summed E-state index contributed by atoms with van der Waals surface area (Å²) in [5.41, 5.74) is 0.429. The summed E-state index contributed by atoms with van der Waals surface area (Å²) in [5.74, 6) is 0.459. The van der Waals surface area contributed by atoms with Crippen molar-refractivity contribution in [2.75, 3.05) is 19.8 Å². The van der Waals surface area contributed by atoms with Crippen LogP contribution in [0.4, 0.5) is 4.39 Å². The van der Waals surface area contributed by atoms with E-state index in [1.165, 1.54) is 12.4 Å². The van der Waals surface area contributed by atoms with Crippen LogP contribution in [0.3, 0.4) is 0 Å². The molecule has 1 fully saturated rings. The normalized spacial score (nSPS) is 18.9. The molecule has 2 heterocycles. The number of hydrogen-bond acceptors (Lipinski definition) is 4. The van der Waals surface area contributed by atoms with Gasteiger partial charge in [-0.3, -0.25) is 0 Å². The summed E-state index contributed by atoms with van der Waals surface area (Å²) >= 11 is 6.06. The summed E-state index contributed by atoms with van der Waals surface area (Å²) in [6.07, 6.45) is 2.17. The van der Waals surface area contributed by atoms with Crippen molar-refractivity contribution in [3.63, 3.8) is 0 Å². The van der Waals surface area contributed by atoms with Crippen molar-refractivity contribution in [2.24, 2.45) is 0 Å². The van der Waals surface area contributed by atoms with Gasteiger partial charge in [0.1, 0.15) is 18.0 Å². The number of halogens is 2. The van der Waals surface area contributed by atoms with Crippen molar-refractivity contribution in [3.8, 4) is 0 Å². The molecular weight excluding hydrogens is 295 g/mol. The molecule has 0 bridgehead atoms. The smallest absolute Gasteiger partial charge is 0.138 e. The van der Waals surface area contributed by atoms with Crippen LogP contribution < -0.4 is 5.32 Å². The first-order valence-electron chi connectivity index (χ1n) is 6.85. The number of aromatic nitrogens is 3. The Morgan fingerprint density at radius 2 is 2.38 bits per heavy atom. The van der Waals surface area contributed by atoms with E-state index in [2.05, 4.69) is 15.4 Å². The van der Waals surface area contributed by atoms with Gasteiger partial charge in [-0.2, -0.15) is 5.10 Å². The molecule has 21 heavy (non-hydrogen) atoms. The second kappa shape index (κ2) is 6.51. The van der Waals surface area contributed by atoms with Crippen LogP contribution in [0.5, 0.6) is 0 Å². The lowest BCUT2D eigenvalue weighted by Gasteiger charge is -2.23. The van der Waals surface area contributed by atoms with Gasteiger partial charge in [-0.15, -0.1) is 0 Å². The maximum Gasteiger partial charge on any atom is 0.138 e. The Kier molecular flexibility index (Phi) is 4.48. The molecule has 0 unspecified atom stereocenters. The van der Waals surface area contributed by atoms with E-state index < -0.39 is 0 Å². The van der Waals surface area contributed by atoms with Crippen molar-refractivity contribution in [1.29, 1.82) is 0 Å². The van der Waals surface area contributed by atoms with Crippen molar-refractivity contribution in [1.82, 2.24) is 20.1 Å². The lowest BCUT2D eigenvalue weighted by molar-refractivity contribution is 0.0761. The monoisotopic (exact) mass is 310 g/mol. The molecule has 1 aromatic heterocycles. The van der Waals surface area contributed by atoms with Crippen LogP contribution in [0.1, 0.15) is 11.4 Å². The zero-order valence-electron chi connectivity index (χ0n) is 11.4. The number of morpholine rings is 1. The van der Waals surface area contributed by atoms with Crippen molar-refractivity contribution >= 4 is 11.6 Å². The number of ether oxygens (including phenoxy) is 1. The summed E-state index contributed by atoms with van der Waals surface area (Å²) in [6, 6.07) is 4.87. The van der Waals surface area contributed by atoms with E-state index in [1.54, 1.807) is 16.8 Å². The molecule has 2 aromatic rings. The lowest BCUT2D eigenvalue weighted by atomic mass is 10.1. The molecule has 1 aliphatic rings. The highest BCUT2D eigenvalue weighted by Crippen LogP contribution is 2.20. The number of hydrogen-bond donors (Lipinski definition) is 1. The average Bonchev–Trinajstić information content (AvgIpc) is 2.91. The van der Waals surface area contributed by atoms with Crippen LogP contribution in [0.15, 0.2) is 24.5 Å². The van der Waals surface area contributed by atoms with E-state index in [4.69, 9.17) is 16.3 Å². The fraction of sp³-hybridized carbons (Fsp3) is 0.429. The van der Waals surface area contributed by atoms with Gasteiger partial charge in [0.2, 0.25) is 0 Å². The molecule has 1 aliphatic heterocycles. The molecule has 3 rings (SSSR count). The average molecular weight is 311 g/mol. The fourth-order valence-electron chi connectivity index (χ4n) is 2.38. The third-order valence-electron chi connectivity index (χ3n) is 3.49. The van der Waals surface area contributed by atoms with Gasteiger partial charge in [-0.25, -0.2) is 14.1 Å².